The molecular weight excluding hydrogens is 466 g/mol. The van der Waals surface area contributed by atoms with Crippen molar-refractivity contribution in [3.05, 3.63) is 90.0 Å². The maximum Gasteiger partial charge on any atom is 0.224 e. The number of ether oxygens (including phenoxy) is 1. The fourth-order valence-electron chi connectivity index (χ4n) is 3.91. The number of carbonyl (C=O) groups excluding carboxylic acids is 2. The Labute approximate surface area is 219 Å². The summed E-state index contributed by atoms with van der Waals surface area (Å²) in [6.07, 6.45) is 1.04. The highest BCUT2D eigenvalue weighted by Gasteiger charge is 2.15. The number of aliphatic hydroxyl groups excluding tert-OH is 1. The van der Waals surface area contributed by atoms with E-state index in [4.69, 9.17) is 4.74 Å². The number of aliphatic hydroxyl groups is 1. The molecular formula is C30H37N3O4. The number of carbonyl (C=O) groups is 2. The lowest BCUT2D eigenvalue weighted by Crippen LogP contribution is -2.32. The zero-order valence-corrected chi connectivity index (χ0v) is 21.6. The average Bonchev–Trinajstić information content (AvgIpc) is 2.93. The number of nitrogens with one attached hydrogen (secondary N) is 3. The Bertz CT molecular complexity index is 1040. The third kappa shape index (κ3) is 9.37. The molecule has 4 N–H and O–H groups in total. The van der Waals surface area contributed by atoms with Gasteiger partial charge in [0.25, 0.3) is 0 Å². The first-order valence-electron chi connectivity index (χ1n) is 12.8. The molecule has 0 heterocycles. The normalized spacial score (nSPS) is 11.7. The van der Waals surface area contributed by atoms with E-state index in [2.05, 4.69) is 16.0 Å². The second-order valence-electron chi connectivity index (χ2n) is 8.87. The van der Waals surface area contributed by atoms with Crippen LogP contribution >= 0.6 is 0 Å². The van der Waals surface area contributed by atoms with Gasteiger partial charge in [0.15, 0.2) is 0 Å². The lowest BCUT2D eigenvalue weighted by atomic mass is 9.88. The monoisotopic (exact) mass is 503 g/mol. The molecule has 196 valence electrons. The van der Waals surface area contributed by atoms with Gasteiger partial charge in [0.05, 0.1) is 0 Å². The molecule has 1 unspecified atom stereocenters. The molecule has 2 amide bonds. The Kier molecular flexibility index (Phi) is 11.1. The third-order valence-corrected chi connectivity index (χ3v) is 6.01. The van der Waals surface area contributed by atoms with Crippen molar-refractivity contribution in [2.45, 2.75) is 45.1 Å². The molecule has 0 aliphatic rings. The van der Waals surface area contributed by atoms with Gasteiger partial charge in [0.2, 0.25) is 11.8 Å². The molecule has 3 aromatic rings. The first kappa shape index (κ1) is 27.9. The molecule has 7 nitrogen and oxygen atoms in total. The third-order valence-electron chi connectivity index (χ3n) is 6.01. The molecule has 0 saturated heterocycles. The number of rotatable bonds is 14. The number of hydrogen-bond acceptors (Lipinski definition) is 5. The van der Waals surface area contributed by atoms with Crippen molar-refractivity contribution >= 4 is 23.2 Å². The molecule has 1 atom stereocenters. The molecule has 0 aromatic heterocycles. The summed E-state index contributed by atoms with van der Waals surface area (Å²) in [5.74, 6) is 0.789. The lowest BCUT2D eigenvalue weighted by Gasteiger charge is -2.20. The quantitative estimate of drug-likeness (QED) is 0.234. The molecule has 0 fully saturated rings. The van der Waals surface area contributed by atoms with Gasteiger partial charge >= 0.3 is 0 Å². The second-order valence-corrected chi connectivity index (χ2v) is 8.87. The van der Waals surface area contributed by atoms with E-state index in [-0.39, 0.29) is 24.3 Å². The van der Waals surface area contributed by atoms with Gasteiger partial charge in [0, 0.05) is 36.7 Å². The number of anilines is 2. The van der Waals surface area contributed by atoms with Gasteiger partial charge in [-0.15, -0.1) is 0 Å². The first-order valence-corrected chi connectivity index (χ1v) is 12.8. The Morgan fingerprint density at radius 3 is 1.78 bits per heavy atom. The molecule has 0 aliphatic heterocycles. The average molecular weight is 504 g/mol. The molecule has 0 saturated carbocycles. The Hall–Kier alpha value is -3.68. The van der Waals surface area contributed by atoms with Gasteiger partial charge < -0.3 is 25.8 Å². The minimum Gasteiger partial charge on any atom is -0.491 e. The maximum atomic E-state index is 11.7. The fraction of sp³-hybridized carbons (Fsp3) is 0.333. The predicted octanol–water partition coefficient (Wildman–Crippen LogP) is 4.94. The minimum absolute atomic E-state index is 0.0204. The molecule has 3 aromatic carbocycles. The molecule has 3 rings (SSSR count). The minimum atomic E-state index is -0.624. The van der Waals surface area contributed by atoms with E-state index in [0.717, 1.165) is 34.7 Å². The van der Waals surface area contributed by atoms with Crippen LogP contribution in [0.15, 0.2) is 78.9 Å². The summed E-state index contributed by atoms with van der Waals surface area (Å²) in [6.45, 7) is 4.98. The molecule has 37 heavy (non-hydrogen) atoms. The van der Waals surface area contributed by atoms with Crippen molar-refractivity contribution < 1.29 is 19.4 Å². The largest absolute Gasteiger partial charge is 0.491 e. The highest BCUT2D eigenvalue weighted by Crippen LogP contribution is 2.30. The molecule has 0 radical (unpaired) electrons. The first-order chi connectivity index (χ1) is 18.0. The zero-order chi connectivity index (χ0) is 26.5. The summed E-state index contributed by atoms with van der Waals surface area (Å²) in [5, 5.41) is 19.4. The molecule has 0 aliphatic carbocycles. The van der Waals surface area contributed by atoms with Gasteiger partial charge in [-0.1, -0.05) is 56.3 Å². The van der Waals surface area contributed by atoms with Crippen LogP contribution < -0.4 is 20.7 Å². The van der Waals surface area contributed by atoms with E-state index in [0.29, 0.717) is 25.9 Å². The summed E-state index contributed by atoms with van der Waals surface area (Å²) in [4.78, 5) is 23.5. The van der Waals surface area contributed by atoms with Gasteiger partial charge in [-0.05, 0) is 60.5 Å². The molecule has 0 spiro atoms. The van der Waals surface area contributed by atoms with Crippen molar-refractivity contribution in [3.63, 3.8) is 0 Å². The predicted molar refractivity (Wildman–Crippen MR) is 148 cm³/mol. The second kappa shape index (κ2) is 14.8. The van der Waals surface area contributed by atoms with Crippen LogP contribution in [0, 0.1) is 0 Å². The van der Waals surface area contributed by atoms with Crippen LogP contribution in [0.3, 0.4) is 0 Å². The Morgan fingerprint density at radius 1 is 0.784 bits per heavy atom. The van der Waals surface area contributed by atoms with Crippen LogP contribution in [0.25, 0.3) is 0 Å². The van der Waals surface area contributed by atoms with E-state index >= 15 is 0 Å². The zero-order valence-electron chi connectivity index (χ0n) is 21.6. The van der Waals surface area contributed by atoms with Gasteiger partial charge in [-0.2, -0.15) is 0 Å². The van der Waals surface area contributed by atoms with Crippen LogP contribution in [-0.4, -0.2) is 42.7 Å². The van der Waals surface area contributed by atoms with Gasteiger partial charge in [-0.25, -0.2) is 0 Å². The van der Waals surface area contributed by atoms with Crippen molar-refractivity contribution in [2.24, 2.45) is 0 Å². The maximum absolute atomic E-state index is 11.7. The topological polar surface area (TPSA) is 99.7 Å². The molecule has 0 bridgehead atoms. The molecule has 7 heteroatoms. The van der Waals surface area contributed by atoms with Crippen LogP contribution in [0.5, 0.6) is 5.75 Å². The highest BCUT2D eigenvalue weighted by atomic mass is 16.5. The van der Waals surface area contributed by atoms with Crippen molar-refractivity contribution in [3.8, 4) is 5.75 Å². The number of para-hydroxylation sites is 1. The standard InChI is InChI=1S/C30H37N3O4/c1-3-29(35)32-24-14-10-22(11-15-24)28(23-12-16-25(17-13-23)33-30(36)4-2)18-19-31-20-26(34)21-37-27-8-6-5-7-9-27/h5-17,26,28,31,34H,3-4,18-21H2,1-2H3,(H,32,35)(H,33,36). The van der Waals surface area contributed by atoms with E-state index in [9.17, 15) is 14.7 Å². The Balaban J connectivity index is 1.62. The fourth-order valence-corrected chi connectivity index (χ4v) is 3.91. The van der Waals surface area contributed by atoms with Crippen molar-refractivity contribution in [1.82, 2.24) is 5.32 Å². The van der Waals surface area contributed by atoms with Crippen LogP contribution in [0.4, 0.5) is 11.4 Å². The van der Waals surface area contributed by atoms with E-state index in [1.165, 1.54) is 0 Å². The Morgan fingerprint density at radius 2 is 1.30 bits per heavy atom. The van der Waals surface area contributed by atoms with Crippen molar-refractivity contribution in [1.29, 1.82) is 0 Å². The van der Waals surface area contributed by atoms with Crippen molar-refractivity contribution in [2.75, 3.05) is 30.3 Å². The highest BCUT2D eigenvalue weighted by molar-refractivity contribution is 5.91. The van der Waals surface area contributed by atoms with Gasteiger partial charge in [0.1, 0.15) is 18.5 Å². The summed E-state index contributed by atoms with van der Waals surface area (Å²) >= 11 is 0. The summed E-state index contributed by atoms with van der Waals surface area (Å²) in [7, 11) is 0. The number of hydrogen-bond donors (Lipinski definition) is 4. The summed E-state index contributed by atoms with van der Waals surface area (Å²) in [6, 6.07) is 25.3. The van der Waals surface area contributed by atoms with Crippen LogP contribution in [-0.2, 0) is 9.59 Å². The number of amides is 2. The van der Waals surface area contributed by atoms with Crippen LogP contribution in [0.1, 0.15) is 50.2 Å². The summed E-state index contributed by atoms with van der Waals surface area (Å²) in [5.41, 5.74) is 3.78. The lowest BCUT2D eigenvalue weighted by molar-refractivity contribution is -0.116. The van der Waals surface area contributed by atoms with E-state index in [1.807, 2.05) is 92.7 Å². The van der Waals surface area contributed by atoms with Gasteiger partial charge in [-0.3, -0.25) is 9.59 Å². The van der Waals surface area contributed by atoms with E-state index in [1.54, 1.807) is 0 Å². The summed E-state index contributed by atoms with van der Waals surface area (Å²) < 4.78 is 5.63. The smallest absolute Gasteiger partial charge is 0.224 e. The van der Waals surface area contributed by atoms with E-state index < -0.39 is 6.10 Å². The number of benzene rings is 3. The SMILES string of the molecule is CCC(=O)Nc1ccc(C(CCNCC(O)COc2ccccc2)c2ccc(NC(=O)CC)cc2)cc1. The van der Waals surface area contributed by atoms with Crippen LogP contribution in [0.2, 0.25) is 0 Å².